The van der Waals surface area contributed by atoms with Crippen molar-refractivity contribution in [3.05, 3.63) is 48.4 Å². The first-order valence-electron chi connectivity index (χ1n) is 9.61. The Morgan fingerprint density at radius 3 is 2.57 bits per heavy atom. The number of para-hydroxylation sites is 1. The number of rotatable bonds is 4. The Labute approximate surface area is 165 Å². The van der Waals surface area contributed by atoms with Crippen LogP contribution in [0.4, 0.5) is 11.6 Å². The second-order valence-corrected chi connectivity index (χ2v) is 7.40. The Morgan fingerprint density at radius 2 is 1.82 bits per heavy atom. The van der Waals surface area contributed by atoms with Gasteiger partial charge in [0.1, 0.15) is 24.0 Å². The molecule has 2 aromatic heterocycles. The van der Waals surface area contributed by atoms with E-state index in [4.69, 9.17) is 0 Å². The molecule has 1 saturated heterocycles. The summed E-state index contributed by atoms with van der Waals surface area (Å²) in [5, 5.41) is 1.16. The molecule has 3 aromatic rings. The van der Waals surface area contributed by atoms with Crippen LogP contribution in [0.15, 0.2) is 42.6 Å². The highest BCUT2D eigenvalue weighted by molar-refractivity contribution is 5.83. The molecule has 1 aromatic carbocycles. The second kappa shape index (κ2) is 7.50. The fourth-order valence-electron chi connectivity index (χ4n) is 3.64. The summed E-state index contributed by atoms with van der Waals surface area (Å²) in [5.41, 5.74) is 1.10. The molecule has 0 atom stereocenters. The number of fused-ring (bicyclic) bond motifs is 1. The van der Waals surface area contributed by atoms with Gasteiger partial charge in [0.05, 0.1) is 0 Å². The largest absolute Gasteiger partial charge is 0.363 e. The minimum atomic E-state index is 0.161. The van der Waals surface area contributed by atoms with Crippen LogP contribution >= 0.6 is 0 Å². The lowest BCUT2D eigenvalue weighted by atomic mass is 10.2. The van der Waals surface area contributed by atoms with Gasteiger partial charge in [-0.2, -0.15) is 0 Å². The highest BCUT2D eigenvalue weighted by Gasteiger charge is 2.23. The summed E-state index contributed by atoms with van der Waals surface area (Å²) in [4.78, 5) is 28.0. The molecule has 0 unspecified atom stereocenters. The molecular weight excluding hydrogens is 352 g/mol. The highest BCUT2D eigenvalue weighted by Crippen LogP contribution is 2.20. The number of amides is 1. The van der Waals surface area contributed by atoms with Gasteiger partial charge in [-0.3, -0.25) is 4.79 Å². The van der Waals surface area contributed by atoms with Crippen LogP contribution in [-0.2, 0) is 11.3 Å². The van der Waals surface area contributed by atoms with Crippen molar-refractivity contribution in [2.45, 2.75) is 13.5 Å². The van der Waals surface area contributed by atoms with Gasteiger partial charge in [0.25, 0.3) is 0 Å². The summed E-state index contributed by atoms with van der Waals surface area (Å²) < 4.78 is 2.03. The van der Waals surface area contributed by atoms with E-state index in [1.807, 2.05) is 59.8 Å². The molecule has 7 nitrogen and oxygen atoms in total. The number of aryl methyl sites for hydroxylation is 1. The summed E-state index contributed by atoms with van der Waals surface area (Å²) in [7, 11) is 3.96. The summed E-state index contributed by atoms with van der Waals surface area (Å²) in [5.74, 6) is 2.76. The van der Waals surface area contributed by atoms with E-state index >= 15 is 0 Å². The molecule has 0 saturated carbocycles. The third-order valence-corrected chi connectivity index (χ3v) is 5.21. The van der Waals surface area contributed by atoms with Crippen LogP contribution in [0.5, 0.6) is 0 Å². The number of anilines is 2. The number of nitrogens with zero attached hydrogens (tertiary/aromatic N) is 6. The van der Waals surface area contributed by atoms with Crippen molar-refractivity contribution >= 4 is 28.4 Å². The smallest absolute Gasteiger partial charge is 0.242 e. The molecule has 4 rings (SSSR count). The van der Waals surface area contributed by atoms with Crippen molar-refractivity contribution in [3.8, 4) is 0 Å². The monoisotopic (exact) mass is 378 g/mol. The van der Waals surface area contributed by atoms with Crippen LogP contribution in [0, 0.1) is 6.92 Å². The topological polar surface area (TPSA) is 57.5 Å². The van der Waals surface area contributed by atoms with E-state index in [-0.39, 0.29) is 5.91 Å². The Morgan fingerprint density at radius 1 is 1.07 bits per heavy atom. The van der Waals surface area contributed by atoms with Crippen LogP contribution in [0.2, 0.25) is 0 Å². The first kappa shape index (κ1) is 18.3. The number of piperazine rings is 1. The maximum Gasteiger partial charge on any atom is 0.242 e. The van der Waals surface area contributed by atoms with E-state index in [1.165, 1.54) is 0 Å². The number of hydrogen-bond acceptors (Lipinski definition) is 5. The normalized spacial score (nSPS) is 14.5. The zero-order chi connectivity index (χ0) is 19.7. The summed E-state index contributed by atoms with van der Waals surface area (Å²) in [6.07, 6.45) is 1.99. The molecule has 3 heterocycles. The van der Waals surface area contributed by atoms with Crippen molar-refractivity contribution in [1.82, 2.24) is 19.4 Å². The molecule has 1 fully saturated rings. The van der Waals surface area contributed by atoms with Crippen molar-refractivity contribution in [2.75, 3.05) is 50.1 Å². The molecule has 0 spiro atoms. The Bertz CT molecular complexity index is 987. The second-order valence-electron chi connectivity index (χ2n) is 7.40. The number of carbonyl (C=O) groups is 1. The number of carbonyl (C=O) groups excluding carboxylic acids is 1. The van der Waals surface area contributed by atoms with Crippen molar-refractivity contribution in [2.24, 2.45) is 0 Å². The van der Waals surface area contributed by atoms with Crippen LogP contribution in [0.25, 0.3) is 10.9 Å². The maximum absolute atomic E-state index is 12.8. The van der Waals surface area contributed by atoms with E-state index in [0.29, 0.717) is 19.6 Å². The minimum Gasteiger partial charge on any atom is -0.363 e. The fraction of sp³-hybridized carbons (Fsp3) is 0.381. The number of aromatic nitrogens is 3. The van der Waals surface area contributed by atoms with Gasteiger partial charge in [-0.05, 0) is 24.4 Å². The molecule has 1 amide bonds. The van der Waals surface area contributed by atoms with Gasteiger partial charge in [-0.15, -0.1) is 0 Å². The molecule has 1 aliphatic rings. The van der Waals surface area contributed by atoms with Gasteiger partial charge in [0, 0.05) is 58.1 Å². The van der Waals surface area contributed by atoms with Crippen molar-refractivity contribution < 1.29 is 4.79 Å². The average molecular weight is 378 g/mol. The zero-order valence-corrected chi connectivity index (χ0v) is 16.7. The van der Waals surface area contributed by atoms with Crippen LogP contribution in [0.1, 0.15) is 5.82 Å². The zero-order valence-electron chi connectivity index (χ0n) is 16.7. The Kier molecular flexibility index (Phi) is 4.90. The van der Waals surface area contributed by atoms with E-state index in [2.05, 4.69) is 33.1 Å². The molecule has 0 bridgehead atoms. The fourth-order valence-corrected chi connectivity index (χ4v) is 3.64. The molecule has 0 N–H and O–H groups in total. The molecule has 1 aliphatic heterocycles. The van der Waals surface area contributed by atoms with Gasteiger partial charge in [-0.1, -0.05) is 18.2 Å². The molecule has 0 radical (unpaired) electrons. The van der Waals surface area contributed by atoms with Crippen molar-refractivity contribution in [1.29, 1.82) is 0 Å². The Hall–Kier alpha value is -3.09. The number of benzene rings is 1. The SMILES string of the molecule is Cc1nc(N(C)C)cc(N2CCN(C(=O)Cn3ccc4ccccc43)CC2)n1. The van der Waals surface area contributed by atoms with E-state index < -0.39 is 0 Å². The first-order valence-corrected chi connectivity index (χ1v) is 9.61. The summed E-state index contributed by atoms with van der Waals surface area (Å²) >= 11 is 0. The van der Waals surface area contributed by atoms with Gasteiger partial charge in [0.2, 0.25) is 5.91 Å². The average Bonchev–Trinajstić information content (AvgIpc) is 3.10. The van der Waals surface area contributed by atoms with Crippen LogP contribution in [-0.4, -0.2) is 65.6 Å². The maximum atomic E-state index is 12.8. The van der Waals surface area contributed by atoms with Crippen LogP contribution in [0.3, 0.4) is 0 Å². The Balaban J connectivity index is 1.41. The van der Waals surface area contributed by atoms with Gasteiger partial charge < -0.3 is 19.3 Å². The summed E-state index contributed by atoms with van der Waals surface area (Å²) in [6.45, 7) is 5.27. The predicted octanol–water partition coefficient (Wildman–Crippen LogP) is 2.15. The van der Waals surface area contributed by atoms with E-state index in [1.54, 1.807) is 0 Å². The minimum absolute atomic E-state index is 0.161. The number of hydrogen-bond donors (Lipinski definition) is 0. The first-order chi connectivity index (χ1) is 13.5. The van der Waals surface area contributed by atoms with E-state index in [0.717, 1.165) is 41.5 Å². The summed E-state index contributed by atoms with van der Waals surface area (Å²) in [6, 6.07) is 12.2. The molecule has 0 aliphatic carbocycles. The van der Waals surface area contributed by atoms with E-state index in [9.17, 15) is 4.79 Å². The standard InChI is InChI=1S/C21H26N6O/c1-16-22-19(24(2)3)14-20(23-16)25-10-12-26(13-11-25)21(28)15-27-9-8-17-6-4-5-7-18(17)27/h4-9,14H,10-13,15H2,1-3H3. The van der Waals surface area contributed by atoms with Gasteiger partial charge in [-0.25, -0.2) is 9.97 Å². The quantitative estimate of drug-likeness (QED) is 0.696. The van der Waals surface area contributed by atoms with Gasteiger partial charge >= 0.3 is 0 Å². The van der Waals surface area contributed by atoms with Crippen LogP contribution < -0.4 is 9.80 Å². The molecule has 7 heteroatoms. The molecule has 28 heavy (non-hydrogen) atoms. The third-order valence-electron chi connectivity index (χ3n) is 5.21. The lowest BCUT2D eigenvalue weighted by Gasteiger charge is -2.35. The van der Waals surface area contributed by atoms with Gasteiger partial charge in [0.15, 0.2) is 0 Å². The molecular formula is C21H26N6O. The molecule has 146 valence electrons. The lowest BCUT2D eigenvalue weighted by molar-refractivity contribution is -0.132. The van der Waals surface area contributed by atoms with Crippen molar-refractivity contribution in [3.63, 3.8) is 0 Å². The predicted molar refractivity (Wildman–Crippen MR) is 112 cm³/mol. The highest BCUT2D eigenvalue weighted by atomic mass is 16.2. The third kappa shape index (κ3) is 3.65. The lowest BCUT2D eigenvalue weighted by Crippen LogP contribution is -2.49.